The predicted octanol–water partition coefficient (Wildman–Crippen LogP) is 1.39. The van der Waals surface area contributed by atoms with Crippen molar-refractivity contribution in [1.82, 2.24) is 0 Å². The van der Waals surface area contributed by atoms with Crippen LogP contribution in [-0.2, 0) is 0 Å². The molecule has 2 rings (SSSR count). The molecule has 0 nitrogen and oxygen atoms in total. The zero-order chi connectivity index (χ0) is 13.1. The van der Waals surface area contributed by atoms with Crippen LogP contribution in [0.2, 0.25) is 0 Å². The first-order valence-electron chi connectivity index (χ1n) is 6.07. The van der Waals surface area contributed by atoms with E-state index in [0.29, 0.717) is 0 Å². The Bertz CT molecular complexity index is 529. The van der Waals surface area contributed by atoms with Crippen molar-refractivity contribution in [3.8, 4) is 0 Å². The summed E-state index contributed by atoms with van der Waals surface area (Å²) in [6, 6.07) is 14.3. The molecule has 0 saturated heterocycles. The summed E-state index contributed by atoms with van der Waals surface area (Å²) in [7, 11) is 0. The van der Waals surface area contributed by atoms with Crippen LogP contribution in [0.5, 0.6) is 0 Å². The van der Waals surface area contributed by atoms with Gasteiger partial charge in [0.15, 0.2) is 7.14 Å². The fraction of sp³-hybridized carbons (Fsp3) is 0.250. The Morgan fingerprint density at radius 3 is 2.11 bits per heavy atom. The van der Waals surface area contributed by atoms with Crippen molar-refractivity contribution in [2.75, 3.05) is 0 Å². The van der Waals surface area contributed by atoms with Crippen LogP contribution in [0.25, 0.3) is 0 Å². The van der Waals surface area contributed by atoms with Crippen LogP contribution in [0.3, 0.4) is 0 Å². The van der Waals surface area contributed by atoms with Crippen LogP contribution in [0, 0.1) is 19.9 Å². The number of aryl methyl sites for hydroxylation is 1. The van der Waals surface area contributed by atoms with Gasteiger partial charge in [0.05, 0.1) is 0 Å². The van der Waals surface area contributed by atoms with E-state index in [0.717, 1.165) is 9.13 Å². The summed E-state index contributed by atoms with van der Waals surface area (Å²) in [5, 5.41) is 0. The van der Waals surface area contributed by atoms with E-state index in [1.54, 1.807) is 6.07 Å². The lowest BCUT2D eigenvalue weighted by molar-refractivity contribution is -0.597. The van der Waals surface area contributed by atoms with E-state index in [4.69, 9.17) is 0 Å². The molecular formula is C16H17FI+. The van der Waals surface area contributed by atoms with Gasteiger partial charge in [0.1, 0.15) is 5.82 Å². The maximum absolute atomic E-state index is 13.9. The zero-order valence-electron chi connectivity index (χ0n) is 10.9. The highest BCUT2D eigenvalue weighted by Crippen LogP contribution is 2.16. The average molecular weight is 355 g/mol. The van der Waals surface area contributed by atoms with Gasteiger partial charge in [0.2, 0.25) is 0 Å². The van der Waals surface area contributed by atoms with Gasteiger partial charge in [0.25, 0.3) is 0 Å². The van der Waals surface area contributed by atoms with Crippen molar-refractivity contribution in [3.63, 3.8) is 0 Å². The fourth-order valence-corrected chi connectivity index (χ4v) is 3.98. The molecule has 0 aliphatic rings. The van der Waals surface area contributed by atoms with E-state index in [1.807, 2.05) is 19.9 Å². The van der Waals surface area contributed by atoms with Gasteiger partial charge in [-0.15, -0.1) is 0 Å². The second-order valence-electron chi connectivity index (χ2n) is 4.71. The molecule has 2 heteroatoms. The summed E-state index contributed by atoms with van der Waals surface area (Å²) in [4.78, 5) is 0. The minimum absolute atomic E-state index is 0.0608. The van der Waals surface area contributed by atoms with Crippen LogP contribution < -0.4 is 21.2 Å². The molecule has 0 radical (unpaired) electrons. The molecule has 2 aromatic rings. The van der Waals surface area contributed by atoms with Gasteiger partial charge in [-0.3, -0.25) is 0 Å². The molecule has 0 N–H and O–H groups in total. The highest BCUT2D eigenvalue weighted by Gasteiger charge is 2.18. The van der Waals surface area contributed by atoms with Gasteiger partial charge >= 0.3 is 21.2 Å². The third kappa shape index (κ3) is 3.31. The van der Waals surface area contributed by atoms with E-state index in [-0.39, 0.29) is 32.9 Å². The van der Waals surface area contributed by atoms with Gasteiger partial charge in [0, 0.05) is 6.07 Å². The molecule has 0 saturated carbocycles. The maximum Gasteiger partial charge on any atom is 0.358 e. The molecule has 18 heavy (non-hydrogen) atoms. The third-order valence-electron chi connectivity index (χ3n) is 2.81. The highest BCUT2D eigenvalue weighted by molar-refractivity contribution is 5.20. The minimum Gasteiger partial charge on any atom is -0.207 e. The summed E-state index contributed by atoms with van der Waals surface area (Å²) in [6.07, 6.45) is 0. The first kappa shape index (κ1) is 13.5. The van der Waals surface area contributed by atoms with E-state index < -0.39 is 0 Å². The molecule has 0 spiro atoms. The molecule has 0 aliphatic heterocycles. The quantitative estimate of drug-likeness (QED) is 0.730. The third-order valence-corrected chi connectivity index (χ3v) is 5.45. The first-order chi connectivity index (χ1) is 8.56. The summed E-state index contributed by atoms with van der Waals surface area (Å²) in [5.74, 6) is 0.186. The second kappa shape index (κ2) is 5.83. The van der Waals surface area contributed by atoms with Crippen molar-refractivity contribution >= 4 is 0 Å². The van der Waals surface area contributed by atoms with E-state index in [1.165, 1.54) is 9.13 Å². The molecule has 0 heterocycles. The Balaban J connectivity index is 2.20. The number of rotatable bonds is 3. The normalized spacial score (nSPS) is 10.9. The average Bonchev–Trinajstić information content (AvgIpc) is 2.32. The summed E-state index contributed by atoms with van der Waals surface area (Å²) < 4.78 is 16.4. The van der Waals surface area contributed by atoms with Crippen LogP contribution >= 0.6 is 0 Å². The second-order valence-corrected chi connectivity index (χ2v) is 7.74. The Labute approximate surface area is 118 Å². The molecular weight excluding hydrogens is 338 g/mol. The van der Waals surface area contributed by atoms with Gasteiger partial charge in [-0.2, -0.15) is 0 Å². The number of halogens is 2. The van der Waals surface area contributed by atoms with E-state index in [2.05, 4.69) is 37.3 Å². The van der Waals surface area contributed by atoms with Crippen LogP contribution in [0.1, 0.15) is 30.9 Å². The van der Waals surface area contributed by atoms with Gasteiger partial charge in [-0.25, -0.2) is 4.39 Å². The van der Waals surface area contributed by atoms with Crippen LogP contribution in [0.15, 0.2) is 42.5 Å². The first-order valence-corrected chi connectivity index (χ1v) is 8.23. The van der Waals surface area contributed by atoms with Gasteiger partial charge in [-0.05, 0) is 36.6 Å². The SMILES string of the molecule is Cc1ccc([I+]c2ccc(C(C)C)c(F)c2)cc1. The molecule has 0 unspecified atom stereocenters. The largest absolute Gasteiger partial charge is 0.358 e. The molecule has 0 bridgehead atoms. The molecule has 94 valence electrons. The lowest BCUT2D eigenvalue weighted by atomic mass is 10.0. The summed E-state index contributed by atoms with van der Waals surface area (Å²) in [6.45, 7) is 6.12. The van der Waals surface area contributed by atoms with E-state index in [9.17, 15) is 4.39 Å². The maximum atomic E-state index is 13.9. The predicted molar refractivity (Wildman–Crippen MR) is 69.1 cm³/mol. The molecule has 0 amide bonds. The molecule has 0 fully saturated rings. The van der Waals surface area contributed by atoms with Crippen molar-refractivity contribution in [3.05, 3.63) is 66.5 Å². The lowest BCUT2D eigenvalue weighted by Crippen LogP contribution is -3.61. The monoisotopic (exact) mass is 355 g/mol. The number of benzene rings is 2. The molecule has 0 aromatic heterocycles. The van der Waals surface area contributed by atoms with Crippen LogP contribution in [0.4, 0.5) is 4.39 Å². The number of hydrogen-bond donors (Lipinski definition) is 0. The standard InChI is InChI=1S/C16H17FI/c1-11(2)15-9-8-14(10-16(15)17)18-13-6-4-12(3)5-7-13/h4-11H,1-3H3/q+1. The Kier molecular flexibility index (Phi) is 4.38. The zero-order valence-corrected chi connectivity index (χ0v) is 13.0. The Morgan fingerprint density at radius 1 is 0.944 bits per heavy atom. The van der Waals surface area contributed by atoms with Crippen molar-refractivity contribution in [1.29, 1.82) is 0 Å². The summed E-state index contributed by atoms with van der Waals surface area (Å²) >= 11 is -0.273. The van der Waals surface area contributed by atoms with Crippen molar-refractivity contribution in [2.45, 2.75) is 26.7 Å². The summed E-state index contributed by atoms with van der Waals surface area (Å²) in [5.41, 5.74) is 2.08. The fourth-order valence-electron chi connectivity index (χ4n) is 1.75. The molecule has 2 aromatic carbocycles. The van der Waals surface area contributed by atoms with Gasteiger partial charge < -0.3 is 0 Å². The minimum atomic E-state index is -0.273. The lowest BCUT2D eigenvalue weighted by Gasteiger charge is -2.05. The molecule has 0 aliphatic carbocycles. The topological polar surface area (TPSA) is 0 Å². The Hall–Kier alpha value is -0.900. The Morgan fingerprint density at radius 2 is 1.56 bits per heavy atom. The smallest absolute Gasteiger partial charge is 0.207 e. The highest BCUT2D eigenvalue weighted by atomic mass is 127. The van der Waals surface area contributed by atoms with Crippen molar-refractivity contribution in [2.24, 2.45) is 0 Å². The number of hydrogen-bond acceptors (Lipinski definition) is 0. The molecule has 0 atom stereocenters. The van der Waals surface area contributed by atoms with Gasteiger partial charge in [-0.1, -0.05) is 37.6 Å². The van der Waals surface area contributed by atoms with Crippen LogP contribution in [-0.4, -0.2) is 0 Å². The van der Waals surface area contributed by atoms with Crippen molar-refractivity contribution < 1.29 is 25.6 Å². The van der Waals surface area contributed by atoms with E-state index >= 15 is 0 Å².